The van der Waals surface area contributed by atoms with E-state index in [-0.39, 0.29) is 12.3 Å². The Bertz CT molecular complexity index is 730. The lowest BCUT2D eigenvalue weighted by Crippen LogP contribution is -2.27. The fraction of sp³-hybridized carbons (Fsp3) is 0.364. The molecule has 0 unspecified atom stereocenters. The number of amides is 1. The lowest BCUT2D eigenvalue weighted by atomic mass is 10.3. The highest BCUT2D eigenvalue weighted by atomic mass is 32.1. The first-order chi connectivity index (χ1) is 9.72. The molecular formula is C11H12N6O2S. The zero-order chi connectivity index (χ0) is 13.9. The molecule has 104 valence electrons. The minimum Gasteiger partial charge on any atom is -0.355 e. The molecule has 3 rings (SSSR count). The molecule has 0 aliphatic rings. The molecule has 3 aromatic heterocycles. The summed E-state index contributed by atoms with van der Waals surface area (Å²) in [6, 6.07) is 0. The lowest BCUT2D eigenvalue weighted by molar-refractivity contribution is -0.120. The van der Waals surface area contributed by atoms with E-state index in [0.717, 1.165) is 10.7 Å². The second-order valence-electron chi connectivity index (χ2n) is 4.19. The van der Waals surface area contributed by atoms with Crippen LogP contribution in [0.15, 0.2) is 16.2 Å². The van der Waals surface area contributed by atoms with E-state index in [1.165, 1.54) is 17.7 Å². The minimum atomic E-state index is -0.129. The molecule has 1 amide bonds. The highest BCUT2D eigenvalue weighted by Gasteiger charge is 2.10. The molecule has 0 saturated heterocycles. The summed E-state index contributed by atoms with van der Waals surface area (Å²) in [4.78, 5) is 20.6. The fourth-order valence-electron chi connectivity index (χ4n) is 1.79. The van der Waals surface area contributed by atoms with E-state index in [1.807, 2.05) is 5.38 Å². The summed E-state index contributed by atoms with van der Waals surface area (Å²) in [5.41, 5.74) is 1.03. The van der Waals surface area contributed by atoms with Gasteiger partial charge in [-0.2, -0.15) is 10.1 Å². The van der Waals surface area contributed by atoms with Gasteiger partial charge in [0.15, 0.2) is 5.82 Å². The van der Waals surface area contributed by atoms with Gasteiger partial charge in [-0.1, -0.05) is 5.16 Å². The van der Waals surface area contributed by atoms with Crippen molar-refractivity contribution in [2.24, 2.45) is 0 Å². The third kappa shape index (κ3) is 2.67. The summed E-state index contributed by atoms with van der Waals surface area (Å²) in [5.74, 6) is 0.727. The van der Waals surface area contributed by atoms with Crippen molar-refractivity contribution < 1.29 is 9.32 Å². The van der Waals surface area contributed by atoms with Crippen molar-refractivity contribution >= 4 is 22.2 Å². The number of carbonyl (C=O) groups is 1. The first-order valence-corrected chi connectivity index (χ1v) is 6.92. The molecule has 0 fully saturated rings. The predicted octanol–water partition coefficient (Wildman–Crippen LogP) is 0.384. The van der Waals surface area contributed by atoms with Gasteiger partial charge in [0.2, 0.25) is 16.8 Å². The predicted molar refractivity (Wildman–Crippen MR) is 70.3 cm³/mol. The zero-order valence-corrected chi connectivity index (χ0v) is 11.6. The summed E-state index contributed by atoms with van der Waals surface area (Å²) in [5, 5.41) is 12.6. The Kier molecular flexibility index (Phi) is 3.42. The Balaban J connectivity index is 1.50. The van der Waals surface area contributed by atoms with Crippen LogP contribution in [0.2, 0.25) is 0 Å². The number of fused-ring (bicyclic) bond motifs is 1. The monoisotopic (exact) mass is 292 g/mol. The molecule has 0 aliphatic carbocycles. The van der Waals surface area contributed by atoms with Crippen LogP contribution in [-0.4, -0.2) is 37.2 Å². The number of carbonyl (C=O) groups excluding carboxylic acids is 1. The molecule has 3 aromatic rings. The SMILES string of the molecule is Cc1nc(CC(=O)NCCc2csc3ncnn23)no1. The highest BCUT2D eigenvalue weighted by molar-refractivity contribution is 7.15. The maximum absolute atomic E-state index is 11.7. The van der Waals surface area contributed by atoms with Crippen molar-refractivity contribution in [2.45, 2.75) is 19.8 Å². The average Bonchev–Trinajstić information content (AvgIpc) is 3.08. The van der Waals surface area contributed by atoms with Crippen LogP contribution in [0, 0.1) is 6.92 Å². The molecule has 0 atom stereocenters. The van der Waals surface area contributed by atoms with Gasteiger partial charge < -0.3 is 9.84 Å². The molecule has 1 N–H and O–H groups in total. The topological polar surface area (TPSA) is 98.2 Å². The molecule has 0 aliphatic heterocycles. The quantitative estimate of drug-likeness (QED) is 0.730. The second-order valence-corrected chi connectivity index (χ2v) is 5.02. The average molecular weight is 292 g/mol. The first kappa shape index (κ1) is 12.7. The first-order valence-electron chi connectivity index (χ1n) is 6.04. The van der Waals surface area contributed by atoms with Crippen molar-refractivity contribution in [3.63, 3.8) is 0 Å². The van der Waals surface area contributed by atoms with Crippen LogP contribution in [0.5, 0.6) is 0 Å². The highest BCUT2D eigenvalue weighted by Crippen LogP contribution is 2.12. The van der Waals surface area contributed by atoms with E-state index in [9.17, 15) is 4.79 Å². The molecule has 3 heterocycles. The summed E-state index contributed by atoms with van der Waals surface area (Å²) >= 11 is 1.53. The third-order valence-corrected chi connectivity index (χ3v) is 3.56. The Labute approximate surface area is 117 Å². The van der Waals surface area contributed by atoms with E-state index in [2.05, 4.69) is 25.5 Å². The summed E-state index contributed by atoms with van der Waals surface area (Å²) in [6.07, 6.45) is 2.34. The maximum Gasteiger partial charge on any atom is 0.227 e. The van der Waals surface area contributed by atoms with Crippen LogP contribution < -0.4 is 5.32 Å². The fourth-order valence-corrected chi connectivity index (χ4v) is 2.62. The molecule has 0 spiro atoms. The van der Waals surface area contributed by atoms with Crippen LogP contribution >= 0.6 is 11.3 Å². The van der Waals surface area contributed by atoms with Gasteiger partial charge in [0.05, 0.1) is 12.1 Å². The van der Waals surface area contributed by atoms with Gasteiger partial charge in [0, 0.05) is 25.3 Å². The Morgan fingerprint density at radius 2 is 2.45 bits per heavy atom. The van der Waals surface area contributed by atoms with Crippen LogP contribution in [0.3, 0.4) is 0 Å². The summed E-state index contributed by atoms with van der Waals surface area (Å²) in [6.45, 7) is 2.22. The maximum atomic E-state index is 11.7. The minimum absolute atomic E-state index is 0.125. The Morgan fingerprint density at radius 3 is 3.25 bits per heavy atom. The van der Waals surface area contributed by atoms with Gasteiger partial charge in [0.25, 0.3) is 0 Å². The number of hydrogen-bond acceptors (Lipinski definition) is 7. The number of hydrogen-bond donors (Lipinski definition) is 1. The van der Waals surface area contributed by atoms with Crippen LogP contribution in [0.25, 0.3) is 4.96 Å². The summed E-state index contributed by atoms with van der Waals surface area (Å²) < 4.78 is 6.59. The van der Waals surface area contributed by atoms with Gasteiger partial charge in [-0.25, -0.2) is 9.50 Å². The van der Waals surface area contributed by atoms with Crippen LogP contribution in [-0.2, 0) is 17.6 Å². The van der Waals surface area contributed by atoms with Crippen molar-refractivity contribution in [3.05, 3.63) is 29.1 Å². The van der Waals surface area contributed by atoms with E-state index in [1.54, 1.807) is 11.4 Å². The molecule has 0 radical (unpaired) electrons. The summed E-state index contributed by atoms with van der Waals surface area (Å²) in [7, 11) is 0. The van der Waals surface area contributed by atoms with Crippen molar-refractivity contribution in [1.29, 1.82) is 0 Å². The van der Waals surface area contributed by atoms with Crippen molar-refractivity contribution in [1.82, 2.24) is 30.1 Å². The molecular weight excluding hydrogens is 280 g/mol. The number of aryl methyl sites for hydroxylation is 1. The van der Waals surface area contributed by atoms with Gasteiger partial charge in [-0.05, 0) is 0 Å². The third-order valence-electron chi connectivity index (χ3n) is 2.68. The van der Waals surface area contributed by atoms with Gasteiger partial charge in [-0.3, -0.25) is 4.79 Å². The number of rotatable bonds is 5. The molecule has 8 nitrogen and oxygen atoms in total. The van der Waals surface area contributed by atoms with Gasteiger partial charge >= 0.3 is 0 Å². The van der Waals surface area contributed by atoms with E-state index < -0.39 is 0 Å². The number of thiazole rings is 1. The van der Waals surface area contributed by atoms with E-state index in [0.29, 0.717) is 24.7 Å². The van der Waals surface area contributed by atoms with Crippen LogP contribution in [0.4, 0.5) is 0 Å². The number of nitrogens with zero attached hydrogens (tertiary/aromatic N) is 5. The standard InChI is InChI=1S/C11H12N6O2S/c1-7-15-9(16-19-7)4-10(18)12-3-2-8-5-20-11-13-6-14-17(8)11/h5-6H,2-4H2,1H3,(H,12,18). The lowest BCUT2D eigenvalue weighted by Gasteiger charge is -2.02. The van der Waals surface area contributed by atoms with E-state index >= 15 is 0 Å². The van der Waals surface area contributed by atoms with Crippen molar-refractivity contribution in [2.75, 3.05) is 6.54 Å². The zero-order valence-electron chi connectivity index (χ0n) is 10.7. The smallest absolute Gasteiger partial charge is 0.227 e. The van der Waals surface area contributed by atoms with E-state index in [4.69, 9.17) is 4.52 Å². The molecule has 0 bridgehead atoms. The molecule has 9 heteroatoms. The number of nitrogens with one attached hydrogen (secondary N) is 1. The van der Waals surface area contributed by atoms with Crippen molar-refractivity contribution in [3.8, 4) is 0 Å². The normalized spacial score (nSPS) is 11.1. The molecule has 20 heavy (non-hydrogen) atoms. The van der Waals surface area contributed by atoms with Crippen LogP contribution in [0.1, 0.15) is 17.4 Å². The second kappa shape index (κ2) is 5.37. The molecule has 0 saturated carbocycles. The van der Waals surface area contributed by atoms with Gasteiger partial charge in [0.1, 0.15) is 6.33 Å². The Hall–Kier alpha value is -2.29. The molecule has 0 aromatic carbocycles. The largest absolute Gasteiger partial charge is 0.355 e. The number of aromatic nitrogens is 5. The Morgan fingerprint density at radius 1 is 1.55 bits per heavy atom. The van der Waals surface area contributed by atoms with Gasteiger partial charge in [-0.15, -0.1) is 11.3 Å².